The molecule has 0 radical (unpaired) electrons. The highest BCUT2D eigenvalue weighted by Gasteiger charge is 2.24. The number of hydrogen-bond donors (Lipinski definition) is 1. The maximum Gasteiger partial charge on any atom is 0.136 e. The van der Waals surface area contributed by atoms with Gasteiger partial charge in [0.05, 0.1) is 5.60 Å². The van der Waals surface area contributed by atoms with Crippen molar-refractivity contribution in [1.82, 2.24) is 0 Å². The van der Waals surface area contributed by atoms with Crippen LogP contribution >= 0.6 is 0 Å². The Bertz CT molecular complexity index is 198. The normalized spacial score (nSPS) is 17.1. The molecule has 0 saturated carbocycles. The first-order valence-corrected chi connectivity index (χ1v) is 5.35. The van der Waals surface area contributed by atoms with Crippen molar-refractivity contribution in [3.63, 3.8) is 0 Å². The van der Waals surface area contributed by atoms with Gasteiger partial charge in [-0.3, -0.25) is 4.79 Å². The molecule has 0 saturated heterocycles. The summed E-state index contributed by atoms with van der Waals surface area (Å²) in [5.41, 5.74) is -0.995. The zero-order valence-corrected chi connectivity index (χ0v) is 9.55. The third-order valence-corrected chi connectivity index (χ3v) is 2.77. The quantitative estimate of drug-likeness (QED) is 0.639. The Morgan fingerprint density at radius 1 is 1.57 bits per heavy atom. The van der Waals surface area contributed by atoms with Crippen molar-refractivity contribution in [2.24, 2.45) is 5.92 Å². The molecule has 0 aromatic rings. The lowest BCUT2D eigenvalue weighted by atomic mass is 9.90. The number of Topliss-reactive ketones (excluding diaryl/α,β-unsaturated/α-hetero) is 1. The van der Waals surface area contributed by atoms with Crippen LogP contribution in [0, 0.1) is 5.92 Å². The second-order valence-electron chi connectivity index (χ2n) is 4.09. The Hall–Kier alpha value is -0.630. The van der Waals surface area contributed by atoms with Crippen molar-refractivity contribution in [2.75, 3.05) is 0 Å². The molecular formula is C12H22O2. The third-order valence-electron chi connectivity index (χ3n) is 2.77. The zero-order chi connectivity index (χ0) is 11.2. The predicted molar refractivity (Wildman–Crippen MR) is 59.1 cm³/mol. The molecule has 0 fully saturated rings. The summed E-state index contributed by atoms with van der Waals surface area (Å²) in [5, 5.41) is 9.85. The summed E-state index contributed by atoms with van der Waals surface area (Å²) in [4.78, 5) is 11.5. The highest BCUT2D eigenvalue weighted by molar-refractivity contribution is 5.79. The molecule has 0 aliphatic carbocycles. The lowest BCUT2D eigenvalue weighted by Gasteiger charge is -2.22. The number of carbonyl (C=O) groups is 1. The van der Waals surface area contributed by atoms with E-state index in [-0.39, 0.29) is 12.2 Å². The van der Waals surface area contributed by atoms with Gasteiger partial charge in [-0.25, -0.2) is 0 Å². The first-order chi connectivity index (χ1) is 6.47. The van der Waals surface area contributed by atoms with Crippen LogP contribution in [0.3, 0.4) is 0 Å². The van der Waals surface area contributed by atoms with E-state index < -0.39 is 5.60 Å². The minimum atomic E-state index is -0.995. The van der Waals surface area contributed by atoms with Crippen LogP contribution in [0.15, 0.2) is 12.7 Å². The van der Waals surface area contributed by atoms with Gasteiger partial charge in [-0.05, 0) is 12.3 Å². The van der Waals surface area contributed by atoms with Crippen LogP contribution in [0.1, 0.15) is 46.5 Å². The minimum Gasteiger partial charge on any atom is -0.385 e. The highest BCUT2D eigenvalue weighted by atomic mass is 16.3. The monoisotopic (exact) mass is 198 g/mol. The fraction of sp³-hybridized carbons (Fsp3) is 0.750. The molecule has 2 heteroatoms. The standard InChI is InChI=1S/C12H22O2/c1-5-10(4)8-11(13)9-12(14,6-2)7-3/h6,10,14H,2,5,7-9H2,1,3-4H3. The predicted octanol–water partition coefficient (Wildman–Crippen LogP) is 2.71. The van der Waals surface area contributed by atoms with Crippen LogP contribution in [0.25, 0.3) is 0 Å². The van der Waals surface area contributed by atoms with Crippen molar-refractivity contribution in [3.8, 4) is 0 Å². The molecular weight excluding hydrogens is 176 g/mol. The van der Waals surface area contributed by atoms with Crippen molar-refractivity contribution < 1.29 is 9.90 Å². The molecule has 82 valence electrons. The molecule has 0 aromatic heterocycles. The second-order valence-corrected chi connectivity index (χ2v) is 4.09. The second kappa shape index (κ2) is 5.97. The van der Waals surface area contributed by atoms with E-state index in [4.69, 9.17) is 0 Å². The first kappa shape index (κ1) is 13.4. The van der Waals surface area contributed by atoms with Crippen molar-refractivity contribution in [3.05, 3.63) is 12.7 Å². The molecule has 0 amide bonds. The summed E-state index contributed by atoms with van der Waals surface area (Å²) in [5.74, 6) is 0.539. The molecule has 14 heavy (non-hydrogen) atoms. The maximum absolute atomic E-state index is 11.5. The number of carbonyl (C=O) groups excluding carboxylic acids is 1. The largest absolute Gasteiger partial charge is 0.385 e. The van der Waals surface area contributed by atoms with E-state index in [0.29, 0.717) is 18.8 Å². The molecule has 2 atom stereocenters. The van der Waals surface area contributed by atoms with Gasteiger partial charge in [0.15, 0.2) is 0 Å². The summed E-state index contributed by atoms with van der Waals surface area (Å²) in [6.45, 7) is 9.53. The highest BCUT2D eigenvalue weighted by Crippen LogP contribution is 2.19. The Morgan fingerprint density at radius 3 is 2.50 bits per heavy atom. The van der Waals surface area contributed by atoms with Crippen LogP contribution in [0.5, 0.6) is 0 Å². The lowest BCUT2D eigenvalue weighted by molar-refractivity contribution is -0.123. The maximum atomic E-state index is 11.5. The van der Waals surface area contributed by atoms with E-state index in [1.807, 2.05) is 6.92 Å². The topological polar surface area (TPSA) is 37.3 Å². The average Bonchev–Trinajstić information content (AvgIpc) is 2.17. The summed E-state index contributed by atoms with van der Waals surface area (Å²) in [6.07, 6.45) is 3.79. The molecule has 0 bridgehead atoms. The average molecular weight is 198 g/mol. The molecule has 2 nitrogen and oxygen atoms in total. The van der Waals surface area contributed by atoms with Gasteiger partial charge in [0, 0.05) is 12.8 Å². The molecule has 0 aromatic carbocycles. The third kappa shape index (κ3) is 4.56. The Balaban J connectivity index is 4.10. The van der Waals surface area contributed by atoms with Gasteiger partial charge >= 0.3 is 0 Å². The molecule has 0 aliphatic heterocycles. The summed E-state index contributed by atoms with van der Waals surface area (Å²) in [7, 11) is 0. The summed E-state index contributed by atoms with van der Waals surface area (Å²) < 4.78 is 0. The van der Waals surface area contributed by atoms with Gasteiger partial charge in [0.1, 0.15) is 5.78 Å². The molecule has 2 unspecified atom stereocenters. The zero-order valence-electron chi connectivity index (χ0n) is 9.55. The number of hydrogen-bond acceptors (Lipinski definition) is 2. The number of rotatable bonds is 7. The van der Waals surface area contributed by atoms with Gasteiger partial charge in [0.25, 0.3) is 0 Å². The smallest absolute Gasteiger partial charge is 0.136 e. The van der Waals surface area contributed by atoms with E-state index in [1.54, 1.807) is 0 Å². The molecule has 0 aliphatic rings. The van der Waals surface area contributed by atoms with Crippen LogP contribution in [0.2, 0.25) is 0 Å². The SMILES string of the molecule is C=CC(O)(CC)CC(=O)CC(C)CC. The van der Waals surface area contributed by atoms with Gasteiger partial charge in [-0.15, -0.1) is 6.58 Å². The minimum absolute atomic E-state index is 0.128. The lowest BCUT2D eigenvalue weighted by Crippen LogP contribution is -2.28. The van der Waals surface area contributed by atoms with Gasteiger partial charge in [-0.1, -0.05) is 33.3 Å². The Morgan fingerprint density at radius 2 is 2.14 bits per heavy atom. The fourth-order valence-corrected chi connectivity index (χ4v) is 1.29. The van der Waals surface area contributed by atoms with E-state index >= 15 is 0 Å². The molecule has 0 heterocycles. The first-order valence-electron chi connectivity index (χ1n) is 5.35. The van der Waals surface area contributed by atoms with Crippen LogP contribution in [-0.4, -0.2) is 16.5 Å². The van der Waals surface area contributed by atoms with Gasteiger partial charge in [-0.2, -0.15) is 0 Å². The fourth-order valence-electron chi connectivity index (χ4n) is 1.29. The van der Waals surface area contributed by atoms with E-state index in [2.05, 4.69) is 20.4 Å². The van der Waals surface area contributed by atoms with Crippen LogP contribution in [-0.2, 0) is 4.79 Å². The van der Waals surface area contributed by atoms with Crippen LogP contribution < -0.4 is 0 Å². The summed E-state index contributed by atoms with van der Waals surface area (Å²) >= 11 is 0. The van der Waals surface area contributed by atoms with E-state index in [0.717, 1.165) is 6.42 Å². The van der Waals surface area contributed by atoms with Gasteiger partial charge < -0.3 is 5.11 Å². The summed E-state index contributed by atoms with van der Waals surface area (Å²) in [6, 6.07) is 0. The molecule has 1 N–H and O–H groups in total. The van der Waals surface area contributed by atoms with Crippen molar-refractivity contribution in [2.45, 2.75) is 52.1 Å². The van der Waals surface area contributed by atoms with E-state index in [9.17, 15) is 9.90 Å². The Kier molecular flexibility index (Phi) is 5.70. The van der Waals surface area contributed by atoms with Crippen molar-refractivity contribution >= 4 is 5.78 Å². The van der Waals surface area contributed by atoms with E-state index in [1.165, 1.54) is 6.08 Å². The Labute approximate surface area is 87.0 Å². The van der Waals surface area contributed by atoms with Crippen molar-refractivity contribution in [1.29, 1.82) is 0 Å². The van der Waals surface area contributed by atoms with Gasteiger partial charge in [0.2, 0.25) is 0 Å². The van der Waals surface area contributed by atoms with Crippen LogP contribution in [0.4, 0.5) is 0 Å². The molecule has 0 spiro atoms. The number of aliphatic hydroxyl groups is 1. The number of ketones is 1. The molecule has 0 rings (SSSR count).